The van der Waals surface area contributed by atoms with E-state index in [1.54, 1.807) is 31.0 Å². The lowest BCUT2D eigenvalue weighted by Crippen LogP contribution is -2.27. The zero-order valence-corrected chi connectivity index (χ0v) is 11.8. The molecule has 1 unspecified atom stereocenters. The standard InChI is InChI=1S/C13H16N4O2S/c14-12-3-4-15-6-11(12)13-7-16-9-17(13)10-2-1-5-20(18,19)8-10/h3-4,6-7,9-10H,1-2,5,8H2,(H2,14,15). The van der Waals surface area contributed by atoms with E-state index in [9.17, 15) is 8.42 Å². The number of rotatable bonds is 2. The SMILES string of the molecule is Nc1ccncc1-c1cncn1C1CCCS(=O)(=O)C1. The molecule has 0 radical (unpaired) electrons. The molecule has 7 heteroatoms. The van der Waals surface area contributed by atoms with E-state index >= 15 is 0 Å². The van der Waals surface area contributed by atoms with Crippen molar-refractivity contribution in [1.29, 1.82) is 0 Å². The molecular weight excluding hydrogens is 276 g/mol. The average Bonchev–Trinajstić information content (AvgIpc) is 2.87. The minimum absolute atomic E-state index is 0.0779. The van der Waals surface area contributed by atoms with Crippen molar-refractivity contribution in [2.24, 2.45) is 0 Å². The van der Waals surface area contributed by atoms with Crippen LogP contribution in [0.15, 0.2) is 31.0 Å². The summed E-state index contributed by atoms with van der Waals surface area (Å²) in [7, 11) is -2.96. The number of hydrogen-bond acceptors (Lipinski definition) is 5. The van der Waals surface area contributed by atoms with E-state index in [0.717, 1.165) is 17.7 Å². The number of aromatic nitrogens is 3. The number of hydrogen-bond donors (Lipinski definition) is 1. The summed E-state index contributed by atoms with van der Waals surface area (Å²) in [5, 5.41) is 0. The van der Waals surface area contributed by atoms with E-state index in [1.807, 2.05) is 4.57 Å². The second-order valence-electron chi connectivity index (χ2n) is 5.06. The van der Waals surface area contributed by atoms with Crippen LogP contribution in [0.2, 0.25) is 0 Å². The highest BCUT2D eigenvalue weighted by molar-refractivity contribution is 7.91. The van der Waals surface area contributed by atoms with Gasteiger partial charge in [-0.3, -0.25) is 4.98 Å². The normalized spacial score (nSPS) is 21.7. The smallest absolute Gasteiger partial charge is 0.152 e. The number of nitrogen functional groups attached to an aromatic ring is 1. The Hall–Kier alpha value is -1.89. The van der Waals surface area contributed by atoms with Crippen LogP contribution in [0.4, 0.5) is 5.69 Å². The fraction of sp³-hybridized carbons (Fsp3) is 0.385. The third kappa shape index (κ3) is 2.40. The maximum atomic E-state index is 11.8. The first kappa shape index (κ1) is 13.1. The molecule has 0 bridgehead atoms. The summed E-state index contributed by atoms with van der Waals surface area (Å²) in [6.07, 6.45) is 8.21. The van der Waals surface area contributed by atoms with Gasteiger partial charge in [-0.1, -0.05) is 0 Å². The van der Waals surface area contributed by atoms with Gasteiger partial charge < -0.3 is 10.3 Å². The maximum absolute atomic E-state index is 11.8. The fourth-order valence-electron chi connectivity index (χ4n) is 2.64. The highest BCUT2D eigenvalue weighted by atomic mass is 32.2. The number of nitrogens with zero attached hydrogens (tertiary/aromatic N) is 3. The molecule has 0 aromatic carbocycles. The molecule has 2 aromatic rings. The first-order valence-electron chi connectivity index (χ1n) is 6.49. The predicted molar refractivity (Wildman–Crippen MR) is 76.8 cm³/mol. The number of anilines is 1. The summed E-state index contributed by atoms with van der Waals surface area (Å²) in [6, 6.07) is 1.65. The Balaban J connectivity index is 2.01. The van der Waals surface area contributed by atoms with E-state index in [-0.39, 0.29) is 17.5 Å². The number of nitrogens with two attached hydrogens (primary N) is 1. The van der Waals surface area contributed by atoms with E-state index in [0.29, 0.717) is 12.1 Å². The van der Waals surface area contributed by atoms with Crippen molar-refractivity contribution < 1.29 is 8.42 Å². The monoisotopic (exact) mass is 292 g/mol. The minimum atomic E-state index is -2.96. The first-order valence-corrected chi connectivity index (χ1v) is 8.31. The topological polar surface area (TPSA) is 90.9 Å². The summed E-state index contributed by atoms with van der Waals surface area (Å²) in [5.74, 6) is 0.444. The van der Waals surface area contributed by atoms with Crippen molar-refractivity contribution in [2.75, 3.05) is 17.2 Å². The molecule has 1 aliphatic heterocycles. The summed E-state index contributed by atoms with van der Waals surface area (Å²) in [6.45, 7) is 0. The summed E-state index contributed by atoms with van der Waals surface area (Å²) in [4.78, 5) is 8.22. The van der Waals surface area contributed by atoms with Crippen LogP contribution < -0.4 is 5.73 Å². The van der Waals surface area contributed by atoms with E-state index < -0.39 is 9.84 Å². The Labute approximate surface area is 117 Å². The van der Waals surface area contributed by atoms with Crippen LogP contribution in [-0.4, -0.2) is 34.5 Å². The molecule has 1 saturated heterocycles. The van der Waals surface area contributed by atoms with Crippen LogP contribution in [-0.2, 0) is 9.84 Å². The van der Waals surface area contributed by atoms with Crippen LogP contribution in [0.3, 0.4) is 0 Å². The number of sulfone groups is 1. The first-order chi connectivity index (χ1) is 9.57. The molecule has 6 nitrogen and oxygen atoms in total. The third-order valence-electron chi connectivity index (χ3n) is 3.63. The Morgan fingerprint density at radius 2 is 2.15 bits per heavy atom. The van der Waals surface area contributed by atoms with Crippen molar-refractivity contribution in [3.05, 3.63) is 31.0 Å². The van der Waals surface area contributed by atoms with Gasteiger partial charge in [0.05, 0.1) is 29.7 Å². The second kappa shape index (κ2) is 4.90. The van der Waals surface area contributed by atoms with Crippen molar-refractivity contribution in [3.8, 4) is 11.3 Å². The quantitative estimate of drug-likeness (QED) is 0.900. The molecule has 106 valence electrons. The second-order valence-corrected chi connectivity index (χ2v) is 7.29. The molecule has 0 saturated carbocycles. The van der Waals surface area contributed by atoms with Gasteiger partial charge in [-0.2, -0.15) is 0 Å². The third-order valence-corrected chi connectivity index (χ3v) is 5.43. The Bertz CT molecular complexity index is 723. The molecule has 0 aliphatic carbocycles. The number of pyridine rings is 1. The van der Waals surface area contributed by atoms with E-state index in [2.05, 4.69) is 9.97 Å². The highest BCUT2D eigenvalue weighted by Gasteiger charge is 2.27. The zero-order chi connectivity index (χ0) is 14.2. The average molecular weight is 292 g/mol. The fourth-order valence-corrected chi connectivity index (χ4v) is 4.33. The predicted octanol–water partition coefficient (Wildman–Crippen LogP) is 1.28. The molecule has 20 heavy (non-hydrogen) atoms. The van der Waals surface area contributed by atoms with Gasteiger partial charge in [-0.15, -0.1) is 0 Å². The van der Waals surface area contributed by atoms with Gasteiger partial charge in [0.15, 0.2) is 9.84 Å². The lowest BCUT2D eigenvalue weighted by Gasteiger charge is -2.25. The van der Waals surface area contributed by atoms with Gasteiger partial charge in [0.2, 0.25) is 0 Å². The summed E-state index contributed by atoms with van der Waals surface area (Å²) in [5.41, 5.74) is 8.18. The van der Waals surface area contributed by atoms with Crippen LogP contribution in [0, 0.1) is 0 Å². The molecular formula is C13H16N4O2S. The largest absolute Gasteiger partial charge is 0.398 e. The Kier molecular flexibility index (Phi) is 3.21. The van der Waals surface area contributed by atoms with Crippen molar-refractivity contribution in [1.82, 2.24) is 14.5 Å². The van der Waals surface area contributed by atoms with Gasteiger partial charge >= 0.3 is 0 Å². The van der Waals surface area contributed by atoms with Crippen molar-refractivity contribution in [2.45, 2.75) is 18.9 Å². The minimum Gasteiger partial charge on any atom is -0.398 e. The van der Waals surface area contributed by atoms with Crippen LogP contribution in [0.5, 0.6) is 0 Å². The molecule has 1 fully saturated rings. The van der Waals surface area contributed by atoms with E-state index in [1.165, 1.54) is 0 Å². The van der Waals surface area contributed by atoms with E-state index in [4.69, 9.17) is 5.73 Å². The lowest BCUT2D eigenvalue weighted by atomic mass is 10.1. The summed E-state index contributed by atoms with van der Waals surface area (Å²) < 4.78 is 25.5. The summed E-state index contributed by atoms with van der Waals surface area (Å²) >= 11 is 0. The molecule has 2 aromatic heterocycles. The lowest BCUT2D eigenvalue weighted by molar-refractivity contribution is 0.473. The molecule has 0 spiro atoms. The molecule has 1 atom stereocenters. The molecule has 3 rings (SSSR count). The molecule has 2 N–H and O–H groups in total. The Morgan fingerprint density at radius 1 is 1.30 bits per heavy atom. The van der Waals surface area contributed by atoms with Gasteiger partial charge in [-0.05, 0) is 18.9 Å². The molecule has 1 aliphatic rings. The van der Waals surface area contributed by atoms with Crippen LogP contribution in [0.1, 0.15) is 18.9 Å². The van der Waals surface area contributed by atoms with Gasteiger partial charge in [0, 0.05) is 29.7 Å². The highest BCUT2D eigenvalue weighted by Crippen LogP contribution is 2.30. The van der Waals surface area contributed by atoms with Crippen molar-refractivity contribution >= 4 is 15.5 Å². The zero-order valence-electron chi connectivity index (χ0n) is 10.9. The van der Waals surface area contributed by atoms with Gasteiger partial charge in [0.1, 0.15) is 0 Å². The molecule has 3 heterocycles. The molecule has 0 amide bonds. The Morgan fingerprint density at radius 3 is 2.90 bits per heavy atom. The van der Waals surface area contributed by atoms with Crippen LogP contribution in [0.25, 0.3) is 11.3 Å². The van der Waals surface area contributed by atoms with Gasteiger partial charge in [-0.25, -0.2) is 13.4 Å². The maximum Gasteiger partial charge on any atom is 0.152 e. The van der Waals surface area contributed by atoms with Crippen LogP contribution >= 0.6 is 0 Å². The number of imidazole rings is 1. The van der Waals surface area contributed by atoms with Gasteiger partial charge in [0.25, 0.3) is 0 Å². The van der Waals surface area contributed by atoms with Crippen molar-refractivity contribution in [3.63, 3.8) is 0 Å².